The van der Waals surface area contributed by atoms with E-state index in [-0.39, 0.29) is 18.3 Å². The van der Waals surface area contributed by atoms with Crippen LogP contribution in [0.3, 0.4) is 0 Å². The Morgan fingerprint density at radius 1 is 1.52 bits per heavy atom. The molecule has 1 aromatic rings. The molecule has 1 heterocycles. The third kappa shape index (κ3) is 7.51. The van der Waals surface area contributed by atoms with Crippen molar-refractivity contribution in [3.63, 3.8) is 0 Å². The second-order valence-corrected chi connectivity index (χ2v) is 8.17. The molecule has 2 unspecified atom stereocenters. The standard InChI is InChI=1S/C15H27N3O4S/c1-5-16-14(18-12(2)8-10-23(4,20)21)17-11-15(3,19)13-7-6-9-22-13/h6-7,9,12,19H,5,8,10-11H2,1-4H3,(H2,16,17,18). The third-order valence-corrected chi connectivity index (χ3v) is 4.22. The average molecular weight is 345 g/mol. The minimum Gasteiger partial charge on any atom is -0.466 e. The van der Waals surface area contributed by atoms with E-state index < -0.39 is 15.4 Å². The van der Waals surface area contributed by atoms with Crippen LogP contribution < -0.4 is 10.6 Å². The van der Waals surface area contributed by atoms with Crippen LogP contribution >= 0.6 is 0 Å². The Labute approximate surface area is 138 Å². The summed E-state index contributed by atoms with van der Waals surface area (Å²) in [5.41, 5.74) is -1.21. The Bertz CT molecular complexity index is 594. The Hall–Kier alpha value is -1.54. The lowest BCUT2D eigenvalue weighted by Crippen LogP contribution is -2.43. The minimum atomic E-state index is -2.99. The maximum atomic E-state index is 11.2. The fraction of sp³-hybridized carbons (Fsp3) is 0.667. The largest absolute Gasteiger partial charge is 0.466 e. The number of aliphatic imine (C=N–C) groups is 1. The van der Waals surface area contributed by atoms with Gasteiger partial charge in [-0.15, -0.1) is 0 Å². The van der Waals surface area contributed by atoms with E-state index in [9.17, 15) is 13.5 Å². The van der Waals surface area contributed by atoms with Gasteiger partial charge in [0.25, 0.3) is 0 Å². The summed E-state index contributed by atoms with van der Waals surface area (Å²) in [5.74, 6) is 1.09. The van der Waals surface area contributed by atoms with Gasteiger partial charge in [-0.1, -0.05) is 0 Å². The van der Waals surface area contributed by atoms with E-state index in [4.69, 9.17) is 4.42 Å². The van der Waals surface area contributed by atoms with Gasteiger partial charge < -0.3 is 20.2 Å². The molecule has 8 heteroatoms. The molecule has 0 saturated carbocycles. The van der Waals surface area contributed by atoms with Gasteiger partial charge in [0.1, 0.15) is 21.2 Å². The van der Waals surface area contributed by atoms with Crippen molar-refractivity contribution in [1.29, 1.82) is 0 Å². The predicted octanol–water partition coefficient (Wildman–Crippen LogP) is 0.865. The summed E-state index contributed by atoms with van der Waals surface area (Å²) in [6.07, 6.45) is 3.21. The van der Waals surface area contributed by atoms with Gasteiger partial charge in [-0.3, -0.25) is 0 Å². The molecule has 1 aromatic heterocycles. The topological polar surface area (TPSA) is 104 Å². The number of sulfone groups is 1. The van der Waals surface area contributed by atoms with E-state index in [0.717, 1.165) is 0 Å². The lowest BCUT2D eigenvalue weighted by atomic mass is 10.0. The van der Waals surface area contributed by atoms with Crippen LogP contribution in [0.1, 0.15) is 33.0 Å². The summed E-state index contributed by atoms with van der Waals surface area (Å²) in [5, 5.41) is 16.6. The Morgan fingerprint density at radius 3 is 2.74 bits per heavy atom. The molecule has 0 radical (unpaired) electrons. The number of aliphatic hydroxyl groups is 1. The first-order valence-electron chi connectivity index (χ1n) is 7.63. The van der Waals surface area contributed by atoms with Crippen LogP contribution in [0.15, 0.2) is 27.8 Å². The van der Waals surface area contributed by atoms with Gasteiger partial charge in [-0.2, -0.15) is 0 Å². The van der Waals surface area contributed by atoms with Crippen LogP contribution in [-0.2, 0) is 15.4 Å². The highest BCUT2D eigenvalue weighted by molar-refractivity contribution is 7.90. The van der Waals surface area contributed by atoms with Crippen molar-refractivity contribution in [3.05, 3.63) is 24.2 Å². The van der Waals surface area contributed by atoms with E-state index >= 15 is 0 Å². The van der Waals surface area contributed by atoms with Crippen molar-refractivity contribution in [2.45, 2.75) is 38.8 Å². The highest BCUT2D eigenvalue weighted by atomic mass is 32.2. The SMILES string of the molecule is CCNC(=NCC(C)(O)c1ccco1)NC(C)CCS(C)(=O)=O. The van der Waals surface area contributed by atoms with Crippen molar-refractivity contribution < 1.29 is 17.9 Å². The summed E-state index contributed by atoms with van der Waals surface area (Å²) in [6, 6.07) is 3.35. The zero-order valence-electron chi connectivity index (χ0n) is 14.2. The molecule has 1 rings (SSSR count). The Kier molecular flexibility index (Phi) is 7.08. The smallest absolute Gasteiger partial charge is 0.191 e. The molecule has 0 spiro atoms. The van der Waals surface area contributed by atoms with Crippen molar-refractivity contribution in [2.24, 2.45) is 4.99 Å². The summed E-state index contributed by atoms with van der Waals surface area (Å²) in [7, 11) is -2.99. The number of hydrogen-bond acceptors (Lipinski definition) is 5. The third-order valence-electron chi connectivity index (χ3n) is 3.25. The number of guanidine groups is 1. The van der Waals surface area contributed by atoms with Crippen LogP contribution in [0, 0.1) is 0 Å². The van der Waals surface area contributed by atoms with Gasteiger partial charge in [0, 0.05) is 18.8 Å². The number of rotatable bonds is 8. The van der Waals surface area contributed by atoms with Crippen molar-refractivity contribution in [3.8, 4) is 0 Å². The summed E-state index contributed by atoms with van der Waals surface area (Å²) >= 11 is 0. The molecule has 0 aliphatic carbocycles. The molecule has 7 nitrogen and oxygen atoms in total. The molecule has 0 bridgehead atoms. The van der Waals surface area contributed by atoms with E-state index in [2.05, 4.69) is 15.6 Å². The van der Waals surface area contributed by atoms with E-state index in [1.807, 2.05) is 13.8 Å². The summed E-state index contributed by atoms with van der Waals surface area (Å²) in [6.45, 7) is 6.24. The zero-order valence-corrected chi connectivity index (χ0v) is 15.0. The molecule has 132 valence electrons. The zero-order chi connectivity index (χ0) is 17.5. The maximum Gasteiger partial charge on any atom is 0.191 e. The molecular formula is C15H27N3O4S. The fourth-order valence-corrected chi connectivity index (χ4v) is 2.69. The predicted molar refractivity (Wildman–Crippen MR) is 91.2 cm³/mol. The molecule has 0 aromatic carbocycles. The Morgan fingerprint density at radius 2 is 2.22 bits per heavy atom. The molecular weight excluding hydrogens is 318 g/mol. The normalized spacial score (nSPS) is 16.7. The molecule has 0 amide bonds. The summed E-state index contributed by atoms with van der Waals surface area (Å²) < 4.78 is 27.7. The number of hydrogen-bond donors (Lipinski definition) is 3. The van der Waals surface area contributed by atoms with Gasteiger partial charge >= 0.3 is 0 Å². The summed E-state index contributed by atoms with van der Waals surface area (Å²) in [4.78, 5) is 4.36. The molecule has 0 aliphatic rings. The second-order valence-electron chi connectivity index (χ2n) is 5.91. The Balaban J connectivity index is 2.66. The monoisotopic (exact) mass is 345 g/mol. The highest BCUT2D eigenvalue weighted by Gasteiger charge is 2.26. The van der Waals surface area contributed by atoms with E-state index in [1.54, 1.807) is 19.1 Å². The van der Waals surface area contributed by atoms with Crippen LogP contribution in [0.4, 0.5) is 0 Å². The average Bonchev–Trinajstić information content (AvgIpc) is 2.97. The van der Waals surface area contributed by atoms with Crippen molar-refractivity contribution in [1.82, 2.24) is 10.6 Å². The number of furan rings is 1. The molecule has 0 fully saturated rings. The van der Waals surface area contributed by atoms with Crippen LogP contribution in [0.5, 0.6) is 0 Å². The lowest BCUT2D eigenvalue weighted by molar-refractivity contribution is 0.0437. The van der Waals surface area contributed by atoms with Crippen LogP contribution in [-0.4, -0.2) is 50.6 Å². The lowest BCUT2D eigenvalue weighted by Gasteiger charge is -2.21. The second kappa shape index (κ2) is 8.35. The van der Waals surface area contributed by atoms with E-state index in [1.165, 1.54) is 12.5 Å². The molecule has 23 heavy (non-hydrogen) atoms. The van der Waals surface area contributed by atoms with Gasteiger partial charge in [0.2, 0.25) is 0 Å². The van der Waals surface area contributed by atoms with Gasteiger partial charge in [-0.25, -0.2) is 13.4 Å². The number of nitrogens with one attached hydrogen (secondary N) is 2. The maximum absolute atomic E-state index is 11.2. The first kappa shape index (κ1) is 19.5. The number of nitrogens with zero attached hydrogens (tertiary/aromatic N) is 1. The van der Waals surface area contributed by atoms with Crippen molar-refractivity contribution >= 4 is 15.8 Å². The molecule has 3 N–H and O–H groups in total. The van der Waals surface area contributed by atoms with Gasteiger partial charge in [0.05, 0.1) is 18.6 Å². The first-order valence-corrected chi connectivity index (χ1v) is 9.69. The fourth-order valence-electron chi connectivity index (χ4n) is 1.91. The minimum absolute atomic E-state index is 0.0592. The van der Waals surface area contributed by atoms with E-state index in [0.29, 0.717) is 24.7 Å². The van der Waals surface area contributed by atoms with Crippen molar-refractivity contribution in [2.75, 3.05) is 25.1 Å². The molecule has 0 aliphatic heterocycles. The first-order chi connectivity index (χ1) is 10.6. The molecule has 2 atom stereocenters. The van der Waals surface area contributed by atoms with Crippen LogP contribution in [0.2, 0.25) is 0 Å². The van der Waals surface area contributed by atoms with Gasteiger partial charge in [-0.05, 0) is 39.3 Å². The van der Waals surface area contributed by atoms with Gasteiger partial charge in [0.15, 0.2) is 5.96 Å². The molecule has 0 saturated heterocycles. The quantitative estimate of drug-likeness (QED) is 0.477. The highest BCUT2D eigenvalue weighted by Crippen LogP contribution is 2.21. The van der Waals surface area contributed by atoms with Crippen LogP contribution in [0.25, 0.3) is 0 Å².